The van der Waals surface area contributed by atoms with Gasteiger partial charge in [0.2, 0.25) is 0 Å². The van der Waals surface area contributed by atoms with E-state index in [9.17, 15) is 18.0 Å². The van der Waals surface area contributed by atoms with Crippen LogP contribution in [0.15, 0.2) is 64.3 Å². The maximum Gasteiger partial charge on any atom is 0.328 e. The lowest BCUT2D eigenvalue weighted by atomic mass is 10.1. The van der Waals surface area contributed by atoms with Gasteiger partial charge in [-0.15, -0.1) is 0 Å². The van der Waals surface area contributed by atoms with Gasteiger partial charge in [-0.1, -0.05) is 29.3 Å². The fraction of sp³-hybridized carbons (Fsp3) is 0.167. The van der Waals surface area contributed by atoms with E-state index in [0.717, 1.165) is 16.6 Å². The summed E-state index contributed by atoms with van der Waals surface area (Å²) in [5.74, 6) is -0.514. The van der Waals surface area contributed by atoms with E-state index in [0.29, 0.717) is 16.9 Å². The highest BCUT2D eigenvalue weighted by Gasteiger charge is 2.21. The third kappa shape index (κ3) is 4.32. The van der Waals surface area contributed by atoms with Gasteiger partial charge in [0.25, 0.3) is 15.9 Å². The van der Waals surface area contributed by atoms with Gasteiger partial charge >= 0.3 is 5.69 Å². The van der Waals surface area contributed by atoms with Crippen molar-refractivity contribution in [3.8, 4) is 0 Å². The molecule has 1 aromatic heterocycles. The van der Waals surface area contributed by atoms with E-state index in [1.165, 1.54) is 27.3 Å². The quantitative estimate of drug-likeness (QED) is 0.430. The van der Waals surface area contributed by atoms with Gasteiger partial charge in [-0.25, -0.2) is 13.2 Å². The molecule has 1 amide bonds. The second kappa shape index (κ2) is 8.66. The number of sulfonamides is 1. The molecule has 1 heterocycles. The average Bonchev–Trinajstić information content (AvgIpc) is 2.99. The minimum atomic E-state index is -4.05. The monoisotopic (exact) mass is 498 g/mol. The van der Waals surface area contributed by atoms with Gasteiger partial charge in [-0.05, 0) is 61.9 Å². The number of imidazole rings is 1. The molecule has 0 radical (unpaired) electrons. The molecule has 0 aliphatic heterocycles. The topological polar surface area (TPSA) is 102 Å². The predicted octanol–water partition coefficient (Wildman–Crippen LogP) is 4.20. The molecule has 0 saturated carbocycles. The van der Waals surface area contributed by atoms with Gasteiger partial charge < -0.3 is 5.32 Å². The van der Waals surface area contributed by atoms with Crippen molar-refractivity contribution in [3.05, 3.63) is 86.8 Å². The smallest absolute Gasteiger partial charge is 0.322 e. The Labute approximate surface area is 201 Å². The van der Waals surface area contributed by atoms with Crippen molar-refractivity contribution in [2.24, 2.45) is 14.1 Å². The molecule has 0 aliphatic rings. The Bertz CT molecular complexity index is 1620. The minimum absolute atomic E-state index is 0.00507. The van der Waals surface area contributed by atoms with Crippen LogP contribution in [0.5, 0.6) is 0 Å². The van der Waals surface area contributed by atoms with Crippen LogP contribution in [0.2, 0.25) is 5.02 Å². The van der Waals surface area contributed by atoms with Gasteiger partial charge in [-0.3, -0.25) is 18.7 Å². The number of anilines is 2. The van der Waals surface area contributed by atoms with Crippen molar-refractivity contribution in [2.75, 3.05) is 10.0 Å². The molecule has 0 saturated heterocycles. The fourth-order valence-corrected chi connectivity index (χ4v) is 5.42. The van der Waals surface area contributed by atoms with Crippen LogP contribution >= 0.6 is 11.6 Å². The number of fused-ring (bicyclic) bond motifs is 1. The molecule has 4 rings (SSSR count). The van der Waals surface area contributed by atoms with Crippen LogP contribution in [-0.2, 0) is 24.1 Å². The third-order valence-electron chi connectivity index (χ3n) is 5.64. The maximum atomic E-state index is 13.0. The Balaban J connectivity index is 1.63. The molecule has 0 aliphatic carbocycles. The summed E-state index contributed by atoms with van der Waals surface area (Å²) in [4.78, 5) is 24.8. The number of carbonyl (C=O) groups is 1. The number of halogens is 1. The molecule has 0 unspecified atom stereocenters. The normalized spacial score (nSPS) is 11.6. The van der Waals surface area contributed by atoms with Gasteiger partial charge in [0.15, 0.2) is 0 Å². The molecule has 0 fully saturated rings. The molecule has 0 bridgehead atoms. The number of carbonyl (C=O) groups excluding carboxylic acids is 1. The molecule has 2 N–H and O–H groups in total. The second-order valence-corrected chi connectivity index (χ2v) is 10.2. The first-order valence-electron chi connectivity index (χ1n) is 10.3. The average molecular weight is 499 g/mol. The number of aromatic nitrogens is 2. The molecular formula is C24H23ClN4O4S. The van der Waals surface area contributed by atoms with Gasteiger partial charge in [0, 0.05) is 25.3 Å². The van der Waals surface area contributed by atoms with Gasteiger partial charge in [-0.2, -0.15) is 0 Å². The van der Waals surface area contributed by atoms with Crippen LogP contribution in [-0.4, -0.2) is 23.5 Å². The summed E-state index contributed by atoms with van der Waals surface area (Å²) in [6, 6.07) is 14.5. The number of nitrogens with one attached hydrogen (secondary N) is 2. The lowest BCUT2D eigenvalue weighted by Crippen LogP contribution is -2.19. The molecule has 8 nitrogen and oxygen atoms in total. The van der Waals surface area contributed by atoms with E-state index in [1.807, 2.05) is 13.0 Å². The summed E-state index contributed by atoms with van der Waals surface area (Å²) in [7, 11) is -0.728. The molecule has 0 atom stereocenters. The van der Waals surface area contributed by atoms with Crippen LogP contribution < -0.4 is 15.7 Å². The van der Waals surface area contributed by atoms with E-state index >= 15 is 0 Å². The van der Waals surface area contributed by atoms with E-state index in [1.54, 1.807) is 51.4 Å². The number of hydrogen-bond donors (Lipinski definition) is 2. The first-order chi connectivity index (χ1) is 16.0. The van der Waals surface area contributed by atoms with E-state index in [4.69, 9.17) is 11.6 Å². The van der Waals surface area contributed by atoms with Gasteiger partial charge in [0.05, 0.1) is 21.7 Å². The van der Waals surface area contributed by atoms with Crippen molar-refractivity contribution < 1.29 is 13.2 Å². The van der Waals surface area contributed by atoms with E-state index < -0.39 is 15.9 Å². The SMILES string of the molecule is Cc1ccc(NS(=O)(=O)c2cc(C(=O)Nc3ccc4c(c3)n(C)c(=O)n4C)ccc2Cl)c(C)c1. The van der Waals surface area contributed by atoms with Crippen molar-refractivity contribution in [2.45, 2.75) is 18.7 Å². The molecule has 0 spiro atoms. The van der Waals surface area contributed by atoms with Crippen molar-refractivity contribution in [3.63, 3.8) is 0 Å². The lowest BCUT2D eigenvalue weighted by molar-refractivity contribution is 0.102. The Morgan fingerprint density at radius 1 is 0.912 bits per heavy atom. The number of rotatable bonds is 5. The predicted molar refractivity (Wildman–Crippen MR) is 134 cm³/mol. The van der Waals surface area contributed by atoms with E-state index in [2.05, 4.69) is 10.0 Å². The number of benzene rings is 3. The van der Waals surface area contributed by atoms with Crippen LogP contribution in [0.1, 0.15) is 21.5 Å². The standard InChI is InChI=1S/C24H23ClN4O4S/c1-14-5-9-19(15(2)11-14)27-34(32,33)22-12-16(6-8-18(22)25)23(30)26-17-7-10-20-21(13-17)29(4)24(31)28(20)3/h5-13,27H,1-4H3,(H,26,30). The summed E-state index contributed by atoms with van der Waals surface area (Å²) in [6.45, 7) is 3.72. The molecule has 10 heteroatoms. The zero-order valence-electron chi connectivity index (χ0n) is 19.0. The minimum Gasteiger partial charge on any atom is -0.322 e. The highest BCUT2D eigenvalue weighted by molar-refractivity contribution is 7.92. The lowest BCUT2D eigenvalue weighted by Gasteiger charge is -2.13. The summed E-state index contributed by atoms with van der Waals surface area (Å²) in [5.41, 5.74) is 3.98. The third-order valence-corrected chi connectivity index (χ3v) is 7.49. The summed E-state index contributed by atoms with van der Waals surface area (Å²) in [6.07, 6.45) is 0. The molecule has 3 aromatic carbocycles. The Kier molecular flexibility index (Phi) is 6.01. The summed E-state index contributed by atoms with van der Waals surface area (Å²) in [5, 5.41) is 2.74. The van der Waals surface area contributed by atoms with Gasteiger partial charge in [0.1, 0.15) is 4.90 Å². The van der Waals surface area contributed by atoms with Crippen LogP contribution in [0.4, 0.5) is 11.4 Å². The number of nitrogens with zero attached hydrogens (tertiary/aromatic N) is 2. The maximum absolute atomic E-state index is 13.0. The summed E-state index contributed by atoms with van der Waals surface area (Å²) < 4.78 is 31.6. The largest absolute Gasteiger partial charge is 0.328 e. The molecule has 4 aromatic rings. The van der Waals surface area contributed by atoms with Crippen LogP contribution in [0, 0.1) is 13.8 Å². The molecule has 34 heavy (non-hydrogen) atoms. The zero-order valence-corrected chi connectivity index (χ0v) is 20.6. The number of amides is 1. The van der Waals surface area contributed by atoms with Crippen molar-refractivity contribution in [1.29, 1.82) is 0 Å². The molecule has 176 valence electrons. The summed E-state index contributed by atoms with van der Waals surface area (Å²) >= 11 is 6.19. The molecular weight excluding hydrogens is 476 g/mol. The Hall–Kier alpha value is -3.56. The van der Waals surface area contributed by atoms with Crippen LogP contribution in [0.3, 0.4) is 0 Å². The van der Waals surface area contributed by atoms with E-state index in [-0.39, 0.29) is 21.2 Å². The van der Waals surface area contributed by atoms with Crippen molar-refractivity contribution >= 4 is 49.9 Å². The fourth-order valence-electron chi connectivity index (χ4n) is 3.77. The zero-order chi connectivity index (χ0) is 24.8. The number of aryl methyl sites for hydroxylation is 4. The Morgan fingerprint density at radius 3 is 2.32 bits per heavy atom. The second-order valence-electron chi connectivity index (χ2n) is 8.13. The van der Waals surface area contributed by atoms with Crippen molar-refractivity contribution in [1.82, 2.24) is 9.13 Å². The number of hydrogen-bond acceptors (Lipinski definition) is 4. The van der Waals surface area contributed by atoms with Crippen LogP contribution in [0.25, 0.3) is 11.0 Å². The first-order valence-corrected chi connectivity index (χ1v) is 12.2. The highest BCUT2D eigenvalue weighted by Crippen LogP contribution is 2.27. The Morgan fingerprint density at radius 2 is 1.62 bits per heavy atom. The highest BCUT2D eigenvalue weighted by atomic mass is 35.5. The first kappa shape index (κ1) is 23.6.